The molecule has 0 amide bonds. The molecule has 0 aliphatic carbocycles. The Hall–Kier alpha value is -2.53. The van der Waals surface area contributed by atoms with Crippen molar-refractivity contribution in [3.8, 4) is 11.3 Å². The van der Waals surface area contributed by atoms with Crippen LogP contribution in [0.1, 0.15) is 0 Å². The van der Waals surface area contributed by atoms with E-state index in [2.05, 4.69) is 69.2 Å². The van der Waals surface area contributed by atoms with Gasteiger partial charge in [-0.05, 0) is 11.5 Å². The van der Waals surface area contributed by atoms with Gasteiger partial charge < -0.3 is 9.47 Å². The van der Waals surface area contributed by atoms with Gasteiger partial charge in [0.1, 0.15) is 5.69 Å². The summed E-state index contributed by atoms with van der Waals surface area (Å²) in [6, 6.07) is 18.7. The second kappa shape index (κ2) is 6.17. The molecule has 5 heteroatoms. The highest BCUT2D eigenvalue weighted by atomic mass is 32.2. The number of para-hydroxylation sites is 1. The molecule has 0 radical (unpaired) electrons. The Morgan fingerprint density at radius 1 is 0.958 bits per heavy atom. The van der Waals surface area contributed by atoms with Crippen molar-refractivity contribution < 1.29 is 0 Å². The van der Waals surface area contributed by atoms with Crippen molar-refractivity contribution in [2.75, 3.05) is 7.05 Å². The summed E-state index contributed by atoms with van der Waals surface area (Å²) in [4.78, 5) is 2.06. The first kappa shape index (κ1) is 15.0. The van der Waals surface area contributed by atoms with Gasteiger partial charge in [0.25, 0.3) is 0 Å². The molecule has 4 rings (SSSR count). The lowest BCUT2D eigenvalue weighted by Gasteiger charge is -2.13. The molecule has 1 unspecified atom stereocenters. The molecule has 1 aromatic heterocycles. The van der Waals surface area contributed by atoms with Crippen LogP contribution in [0.25, 0.3) is 22.2 Å². The van der Waals surface area contributed by atoms with Crippen LogP contribution in [0, 0.1) is 0 Å². The van der Waals surface area contributed by atoms with Gasteiger partial charge in [0.15, 0.2) is 5.50 Å². The molecule has 0 bridgehead atoms. The van der Waals surface area contributed by atoms with E-state index in [-0.39, 0.29) is 5.50 Å². The molecule has 3 aromatic rings. The van der Waals surface area contributed by atoms with Gasteiger partial charge in [-0.25, -0.2) is 0 Å². The molecular formula is C19H18N4S. The lowest BCUT2D eigenvalue weighted by Crippen LogP contribution is -2.16. The highest BCUT2D eigenvalue weighted by molar-refractivity contribution is 8.02. The van der Waals surface area contributed by atoms with Crippen molar-refractivity contribution in [3.63, 3.8) is 0 Å². The number of nitrogens with zero attached hydrogens (tertiary/aromatic N) is 4. The normalized spacial score (nSPS) is 17.4. The van der Waals surface area contributed by atoms with Crippen LogP contribution in [0.5, 0.6) is 0 Å². The van der Waals surface area contributed by atoms with E-state index in [1.54, 1.807) is 11.8 Å². The van der Waals surface area contributed by atoms with Gasteiger partial charge in [-0.2, -0.15) is 10.2 Å². The van der Waals surface area contributed by atoms with E-state index < -0.39 is 0 Å². The Bertz CT molecular complexity index is 927. The van der Waals surface area contributed by atoms with E-state index in [1.165, 1.54) is 0 Å². The van der Waals surface area contributed by atoms with Gasteiger partial charge in [-0.3, -0.25) is 0 Å². The second-order valence-electron chi connectivity index (χ2n) is 5.77. The van der Waals surface area contributed by atoms with Crippen molar-refractivity contribution in [1.29, 1.82) is 0 Å². The fourth-order valence-electron chi connectivity index (χ4n) is 2.99. The molecule has 1 aliphatic heterocycles. The highest BCUT2D eigenvalue weighted by Crippen LogP contribution is 2.40. The smallest absolute Gasteiger partial charge is 0.193 e. The monoisotopic (exact) mass is 334 g/mol. The lowest BCUT2D eigenvalue weighted by atomic mass is 10.1. The van der Waals surface area contributed by atoms with Crippen LogP contribution in [0.2, 0.25) is 0 Å². The third-order valence-electron chi connectivity index (χ3n) is 4.23. The maximum absolute atomic E-state index is 4.67. The molecular weight excluding hydrogens is 316 g/mol. The third kappa shape index (κ3) is 2.51. The van der Waals surface area contributed by atoms with E-state index >= 15 is 0 Å². The molecule has 0 fully saturated rings. The fraction of sp³-hybridized carbons (Fsp3) is 0.158. The molecule has 0 spiro atoms. The maximum Gasteiger partial charge on any atom is 0.193 e. The van der Waals surface area contributed by atoms with Crippen molar-refractivity contribution in [1.82, 2.24) is 9.47 Å². The minimum absolute atomic E-state index is 0.00703. The first-order valence-electron chi connectivity index (χ1n) is 7.83. The fourth-order valence-corrected chi connectivity index (χ4v) is 3.75. The van der Waals surface area contributed by atoms with Gasteiger partial charge in [-0.1, -0.05) is 60.3 Å². The van der Waals surface area contributed by atoms with Gasteiger partial charge in [-0.15, -0.1) is 0 Å². The van der Waals surface area contributed by atoms with E-state index in [0.29, 0.717) is 0 Å². The van der Waals surface area contributed by atoms with Crippen molar-refractivity contribution in [2.45, 2.75) is 5.50 Å². The van der Waals surface area contributed by atoms with Crippen LogP contribution < -0.4 is 0 Å². The molecule has 2 heterocycles. The third-order valence-corrected chi connectivity index (χ3v) is 5.18. The quantitative estimate of drug-likeness (QED) is 0.604. The Labute approximate surface area is 145 Å². The predicted molar refractivity (Wildman–Crippen MR) is 101 cm³/mol. The number of hydrogen-bond acceptors (Lipinski definition) is 4. The lowest BCUT2D eigenvalue weighted by molar-refractivity contribution is 0.437. The molecule has 1 aliphatic rings. The van der Waals surface area contributed by atoms with Crippen LogP contribution in [0.15, 0.2) is 76.4 Å². The highest BCUT2D eigenvalue weighted by Gasteiger charge is 2.19. The van der Waals surface area contributed by atoms with E-state index in [0.717, 1.165) is 27.8 Å². The number of fused-ring (bicyclic) bond motifs is 1. The van der Waals surface area contributed by atoms with E-state index in [9.17, 15) is 0 Å². The number of aryl methyl sites for hydroxylation is 1. The molecule has 4 nitrogen and oxygen atoms in total. The van der Waals surface area contributed by atoms with Gasteiger partial charge in [0.05, 0.1) is 11.2 Å². The summed E-state index contributed by atoms with van der Waals surface area (Å²) in [7, 11) is 4.10. The van der Waals surface area contributed by atoms with Gasteiger partial charge >= 0.3 is 0 Å². The van der Waals surface area contributed by atoms with Crippen molar-refractivity contribution in [2.24, 2.45) is 17.3 Å². The first-order valence-corrected chi connectivity index (χ1v) is 8.78. The van der Waals surface area contributed by atoms with Gasteiger partial charge in [0.2, 0.25) is 0 Å². The Morgan fingerprint density at radius 2 is 1.71 bits per heavy atom. The number of hydrogen-bond donors (Lipinski definition) is 0. The zero-order chi connectivity index (χ0) is 16.5. The minimum atomic E-state index is 0.00703. The summed E-state index contributed by atoms with van der Waals surface area (Å²) in [6.07, 6.45) is 2.02. The summed E-state index contributed by atoms with van der Waals surface area (Å²) in [5.74, 6) is 0. The molecule has 120 valence electrons. The first-order chi connectivity index (χ1) is 11.8. The SMILES string of the molecule is CN1C=CSC1N=Nc1c(-c2ccccc2)n(C)c2ccccc12. The van der Waals surface area contributed by atoms with E-state index in [4.69, 9.17) is 0 Å². The Balaban J connectivity index is 1.88. The van der Waals surface area contributed by atoms with Crippen LogP contribution in [0.4, 0.5) is 5.69 Å². The zero-order valence-corrected chi connectivity index (χ0v) is 14.4. The average molecular weight is 334 g/mol. The summed E-state index contributed by atoms with van der Waals surface area (Å²) in [5, 5.41) is 12.4. The Kier molecular flexibility index (Phi) is 3.86. The molecule has 24 heavy (non-hydrogen) atoms. The number of thioether (sulfide) groups is 1. The number of rotatable bonds is 3. The standard InChI is InChI=1S/C19H18N4S/c1-22-12-13-24-19(22)21-20-17-15-10-6-7-11-16(15)23(2)18(17)14-8-4-3-5-9-14/h3-13,19H,1-2H3. The van der Waals surface area contributed by atoms with Gasteiger partial charge in [0, 0.05) is 31.2 Å². The number of azo groups is 1. The number of aromatic nitrogens is 1. The van der Waals surface area contributed by atoms with Crippen molar-refractivity contribution >= 4 is 28.4 Å². The van der Waals surface area contributed by atoms with Crippen LogP contribution >= 0.6 is 11.8 Å². The molecule has 0 N–H and O–H groups in total. The Morgan fingerprint density at radius 3 is 2.46 bits per heavy atom. The molecule has 2 aromatic carbocycles. The minimum Gasteiger partial charge on any atom is -0.349 e. The van der Waals surface area contributed by atoms with Crippen molar-refractivity contribution in [3.05, 3.63) is 66.2 Å². The maximum atomic E-state index is 4.67. The van der Waals surface area contributed by atoms with E-state index in [1.807, 2.05) is 30.8 Å². The topological polar surface area (TPSA) is 32.9 Å². The average Bonchev–Trinajstić information content (AvgIpc) is 3.15. The van der Waals surface area contributed by atoms with Crippen LogP contribution in [-0.4, -0.2) is 22.0 Å². The largest absolute Gasteiger partial charge is 0.349 e. The summed E-state index contributed by atoms with van der Waals surface area (Å²) < 4.78 is 2.20. The van der Waals surface area contributed by atoms with Crippen LogP contribution in [-0.2, 0) is 7.05 Å². The summed E-state index contributed by atoms with van der Waals surface area (Å²) in [5.41, 5.74) is 4.35. The second-order valence-corrected chi connectivity index (χ2v) is 6.73. The summed E-state index contributed by atoms with van der Waals surface area (Å²) >= 11 is 1.66. The molecule has 1 atom stereocenters. The zero-order valence-electron chi connectivity index (χ0n) is 13.6. The summed E-state index contributed by atoms with van der Waals surface area (Å²) in [6.45, 7) is 0. The molecule has 0 saturated carbocycles. The number of benzene rings is 2. The molecule has 0 saturated heterocycles. The van der Waals surface area contributed by atoms with Crippen LogP contribution in [0.3, 0.4) is 0 Å². The predicted octanol–water partition coefficient (Wildman–Crippen LogP) is 5.36.